The molecular formula is C5H8N2O3. The Morgan fingerprint density at radius 1 is 1.30 bits per heavy atom. The summed E-state index contributed by atoms with van der Waals surface area (Å²) in [6.07, 6.45) is 0. The second-order valence-electron chi connectivity index (χ2n) is 2.16. The number of carbonyl (C=O) groups is 2. The number of carbonyl (C=O) groups excluding carboxylic acids is 2. The molecule has 1 saturated heterocycles. The Hall–Kier alpha value is -1.10. The predicted molar refractivity (Wildman–Crippen MR) is 31.1 cm³/mol. The third-order valence-corrected chi connectivity index (χ3v) is 1.41. The summed E-state index contributed by atoms with van der Waals surface area (Å²) in [7, 11) is 1.52. The van der Waals surface area contributed by atoms with Gasteiger partial charge in [-0.05, 0) is 0 Å². The van der Waals surface area contributed by atoms with Gasteiger partial charge < -0.3 is 4.90 Å². The lowest BCUT2D eigenvalue weighted by molar-refractivity contribution is -0.181. The van der Waals surface area contributed by atoms with Crippen LogP contribution in [0.2, 0.25) is 0 Å². The molecule has 0 unspecified atom stereocenters. The van der Waals surface area contributed by atoms with E-state index in [1.807, 2.05) is 0 Å². The molecule has 1 aliphatic heterocycles. The average molecular weight is 144 g/mol. The van der Waals surface area contributed by atoms with E-state index in [2.05, 4.69) is 0 Å². The van der Waals surface area contributed by atoms with Gasteiger partial charge in [0.15, 0.2) is 0 Å². The van der Waals surface area contributed by atoms with Crippen LogP contribution in [0.1, 0.15) is 0 Å². The molecule has 0 radical (unpaired) electrons. The minimum atomic E-state index is -0.853. The van der Waals surface area contributed by atoms with E-state index in [1.54, 1.807) is 0 Å². The number of nitrogens with zero attached hydrogens (tertiary/aromatic N) is 2. The summed E-state index contributed by atoms with van der Waals surface area (Å²) in [5, 5.41) is 9.14. The van der Waals surface area contributed by atoms with E-state index in [9.17, 15) is 9.59 Å². The topological polar surface area (TPSA) is 60.9 Å². The molecule has 0 aromatic carbocycles. The molecule has 2 amide bonds. The van der Waals surface area contributed by atoms with Gasteiger partial charge in [0.1, 0.15) is 0 Å². The zero-order valence-corrected chi connectivity index (χ0v) is 5.57. The largest absolute Gasteiger partial charge is 0.336 e. The molecule has 1 heterocycles. The van der Waals surface area contributed by atoms with Crippen LogP contribution in [-0.2, 0) is 9.59 Å². The first-order chi connectivity index (χ1) is 4.63. The first-order valence-corrected chi connectivity index (χ1v) is 2.89. The fourth-order valence-corrected chi connectivity index (χ4v) is 0.721. The predicted octanol–water partition coefficient (Wildman–Crippen LogP) is -1.32. The second-order valence-corrected chi connectivity index (χ2v) is 2.16. The van der Waals surface area contributed by atoms with Crippen LogP contribution in [0.4, 0.5) is 0 Å². The molecule has 0 aromatic rings. The van der Waals surface area contributed by atoms with E-state index in [0.29, 0.717) is 11.6 Å². The number of piperazine rings is 1. The van der Waals surface area contributed by atoms with Crippen LogP contribution in [0.25, 0.3) is 0 Å². The van der Waals surface area contributed by atoms with Crippen molar-refractivity contribution in [2.24, 2.45) is 0 Å². The highest BCUT2D eigenvalue weighted by Gasteiger charge is 2.28. The van der Waals surface area contributed by atoms with E-state index < -0.39 is 11.8 Å². The Balaban J connectivity index is 2.70. The third kappa shape index (κ3) is 0.950. The Bertz CT molecular complexity index is 160. The molecular weight excluding hydrogens is 136 g/mol. The number of hydrogen-bond acceptors (Lipinski definition) is 3. The molecule has 1 fully saturated rings. The van der Waals surface area contributed by atoms with Crippen molar-refractivity contribution < 1.29 is 14.8 Å². The number of hydroxylamine groups is 2. The summed E-state index contributed by atoms with van der Waals surface area (Å²) in [4.78, 5) is 22.6. The van der Waals surface area contributed by atoms with Crippen molar-refractivity contribution >= 4 is 11.8 Å². The summed E-state index contributed by atoms with van der Waals surface area (Å²) in [6, 6.07) is 0. The molecule has 10 heavy (non-hydrogen) atoms. The van der Waals surface area contributed by atoms with Gasteiger partial charge in [-0.25, -0.2) is 5.06 Å². The monoisotopic (exact) mass is 144 g/mol. The lowest BCUT2D eigenvalue weighted by Gasteiger charge is -2.26. The SMILES string of the molecule is CN1CCN(O)C(=O)C1=O. The van der Waals surface area contributed by atoms with Crippen molar-refractivity contribution in [2.45, 2.75) is 0 Å². The summed E-state index contributed by atoms with van der Waals surface area (Å²) < 4.78 is 0. The minimum Gasteiger partial charge on any atom is -0.336 e. The van der Waals surface area contributed by atoms with Crippen molar-refractivity contribution in [3.8, 4) is 0 Å². The molecule has 0 aliphatic carbocycles. The molecule has 0 aromatic heterocycles. The van der Waals surface area contributed by atoms with E-state index in [1.165, 1.54) is 11.9 Å². The molecule has 56 valence electrons. The lowest BCUT2D eigenvalue weighted by atomic mass is 10.3. The van der Waals surface area contributed by atoms with Crippen LogP contribution in [0.3, 0.4) is 0 Å². The second kappa shape index (κ2) is 2.26. The molecule has 5 nitrogen and oxygen atoms in total. The van der Waals surface area contributed by atoms with E-state index >= 15 is 0 Å². The molecule has 0 bridgehead atoms. The summed E-state index contributed by atoms with van der Waals surface area (Å²) in [6.45, 7) is 0.585. The van der Waals surface area contributed by atoms with Gasteiger partial charge in [0, 0.05) is 13.6 Å². The number of amides is 2. The first-order valence-electron chi connectivity index (χ1n) is 2.89. The zero-order valence-electron chi connectivity index (χ0n) is 5.57. The maximum absolute atomic E-state index is 10.7. The van der Waals surface area contributed by atoms with Crippen LogP contribution in [0, 0.1) is 0 Å². The van der Waals surface area contributed by atoms with Gasteiger partial charge in [-0.15, -0.1) is 0 Å². The molecule has 0 spiro atoms. The smallest absolute Gasteiger partial charge is 0.335 e. The van der Waals surface area contributed by atoms with Crippen molar-refractivity contribution in [3.63, 3.8) is 0 Å². The summed E-state index contributed by atoms with van der Waals surface area (Å²) >= 11 is 0. The van der Waals surface area contributed by atoms with Crippen LogP contribution in [-0.4, -0.2) is 47.1 Å². The van der Waals surface area contributed by atoms with E-state index in [-0.39, 0.29) is 6.54 Å². The fourth-order valence-electron chi connectivity index (χ4n) is 0.721. The third-order valence-electron chi connectivity index (χ3n) is 1.41. The molecule has 5 heteroatoms. The highest BCUT2D eigenvalue weighted by Crippen LogP contribution is 1.98. The number of rotatable bonds is 0. The van der Waals surface area contributed by atoms with Gasteiger partial charge in [-0.1, -0.05) is 0 Å². The van der Waals surface area contributed by atoms with Gasteiger partial charge in [-0.3, -0.25) is 14.8 Å². The van der Waals surface area contributed by atoms with Crippen LogP contribution in [0.15, 0.2) is 0 Å². The zero-order chi connectivity index (χ0) is 7.72. The summed E-state index contributed by atoms with van der Waals surface area (Å²) in [5.74, 6) is -1.51. The fraction of sp³-hybridized carbons (Fsp3) is 0.600. The van der Waals surface area contributed by atoms with Crippen molar-refractivity contribution in [1.29, 1.82) is 0 Å². The number of likely N-dealkylation sites (N-methyl/N-ethyl adjacent to an activating group) is 1. The van der Waals surface area contributed by atoms with Gasteiger partial charge >= 0.3 is 11.8 Å². The average Bonchev–Trinajstić information content (AvgIpc) is 1.93. The Morgan fingerprint density at radius 3 is 2.40 bits per heavy atom. The molecule has 1 rings (SSSR count). The minimum absolute atomic E-state index is 0.196. The highest BCUT2D eigenvalue weighted by atomic mass is 16.5. The summed E-state index contributed by atoms with van der Waals surface area (Å²) in [5.41, 5.74) is 0. The quantitative estimate of drug-likeness (QED) is 0.338. The Morgan fingerprint density at radius 2 is 1.90 bits per heavy atom. The normalized spacial score (nSPS) is 20.2. The molecule has 1 N–H and O–H groups in total. The molecule has 0 saturated carbocycles. The van der Waals surface area contributed by atoms with Crippen LogP contribution >= 0.6 is 0 Å². The van der Waals surface area contributed by atoms with Crippen molar-refractivity contribution in [2.75, 3.05) is 20.1 Å². The lowest BCUT2D eigenvalue weighted by Crippen LogP contribution is -2.51. The van der Waals surface area contributed by atoms with Gasteiger partial charge in [-0.2, -0.15) is 0 Å². The Labute approximate surface area is 57.8 Å². The van der Waals surface area contributed by atoms with Gasteiger partial charge in [0.25, 0.3) is 0 Å². The van der Waals surface area contributed by atoms with Crippen LogP contribution in [0.5, 0.6) is 0 Å². The van der Waals surface area contributed by atoms with E-state index in [4.69, 9.17) is 5.21 Å². The maximum atomic E-state index is 10.7. The maximum Gasteiger partial charge on any atom is 0.335 e. The van der Waals surface area contributed by atoms with Gasteiger partial charge in [0.2, 0.25) is 0 Å². The highest BCUT2D eigenvalue weighted by molar-refractivity contribution is 6.34. The van der Waals surface area contributed by atoms with Crippen LogP contribution < -0.4 is 0 Å². The van der Waals surface area contributed by atoms with Crippen molar-refractivity contribution in [1.82, 2.24) is 9.96 Å². The first kappa shape index (κ1) is 7.01. The van der Waals surface area contributed by atoms with Gasteiger partial charge in [0.05, 0.1) is 6.54 Å². The molecule has 1 aliphatic rings. The standard InChI is InChI=1S/C5H8N2O3/c1-6-2-3-7(10)5(9)4(6)8/h10H,2-3H2,1H3. The van der Waals surface area contributed by atoms with Crippen molar-refractivity contribution in [3.05, 3.63) is 0 Å². The molecule has 0 atom stereocenters. The Kier molecular flexibility index (Phi) is 1.58. The van der Waals surface area contributed by atoms with E-state index in [0.717, 1.165) is 0 Å². The number of hydrogen-bond donors (Lipinski definition) is 1.